The predicted octanol–water partition coefficient (Wildman–Crippen LogP) is 4.69. The largest absolute Gasteiger partial charge is 0.493 e. The number of carbonyl (C=O) groups is 2. The first-order chi connectivity index (χ1) is 14.5. The second-order valence-corrected chi connectivity index (χ2v) is 6.16. The SMILES string of the molecule is COC(=O)c1ccc(COc2ccc(/C=C/C(=O)c3ccc(F)cc3)cc2OC)o1. The lowest BCUT2D eigenvalue weighted by Gasteiger charge is -2.10. The van der Waals surface area contributed by atoms with Crippen LogP contribution < -0.4 is 9.47 Å². The van der Waals surface area contributed by atoms with Crippen LogP contribution in [0.15, 0.2) is 65.1 Å². The van der Waals surface area contributed by atoms with Crippen LogP contribution >= 0.6 is 0 Å². The van der Waals surface area contributed by atoms with Gasteiger partial charge in [-0.25, -0.2) is 9.18 Å². The normalized spacial score (nSPS) is 10.8. The minimum atomic E-state index is -0.565. The van der Waals surface area contributed by atoms with E-state index < -0.39 is 11.8 Å². The quantitative estimate of drug-likeness (QED) is 0.305. The summed E-state index contributed by atoms with van der Waals surface area (Å²) in [4.78, 5) is 23.6. The third kappa shape index (κ3) is 5.14. The predicted molar refractivity (Wildman–Crippen MR) is 107 cm³/mol. The van der Waals surface area contributed by atoms with E-state index in [1.807, 2.05) is 0 Å². The molecule has 7 heteroatoms. The summed E-state index contributed by atoms with van der Waals surface area (Å²) in [7, 11) is 2.77. The van der Waals surface area contributed by atoms with Crippen molar-refractivity contribution in [3.05, 3.63) is 89.1 Å². The molecule has 0 aliphatic carbocycles. The van der Waals surface area contributed by atoms with Gasteiger partial charge in [0.25, 0.3) is 0 Å². The van der Waals surface area contributed by atoms with Crippen LogP contribution in [0.3, 0.4) is 0 Å². The molecule has 0 N–H and O–H groups in total. The average Bonchev–Trinajstić information content (AvgIpc) is 3.25. The summed E-state index contributed by atoms with van der Waals surface area (Å²) >= 11 is 0. The average molecular weight is 410 g/mol. The fourth-order valence-corrected chi connectivity index (χ4v) is 2.60. The van der Waals surface area contributed by atoms with Crippen LogP contribution in [0, 0.1) is 5.82 Å². The van der Waals surface area contributed by atoms with Crippen LogP contribution in [-0.2, 0) is 11.3 Å². The Morgan fingerprint density at radius 2 is 1.77 bits per heavy atom. The van der Waals surface area contributed by atoms with E-state index in [0.29, 0.717) is 22.8 Å². The van der Waals surface area contributed by atoms with Crippen molar-refractivity contribution < 1.29 is 32.6 Å². The van der Waals surface area contributed by atoms with Crippen molar-refractivity contribution in [1.29, 1.82) is 0 Å². The number of esters is 1. The zero-order valence-corrected chi connectivity index (χ0v) is 16.4. The van der Waals surface area contributed by atoms with E-state index in [0.717, 1.165) is 5.56 Å². The van der Waals surface area contributed by atoms with Crippen molar-refractivity contribution in [2.24, 2.45) is 0 Å². The second kappa shape index (κ2) is 9.56. The first-order valence-corrected chi connectivity index (χ1v) is 8.96. The molecule has 0 aliphatic heterocycles. The van der Waals surface area contributed by atoms with Crippen LogP contribution in [0.25, 0.3) is 6.08 Å². The van der Waals surface area contributed by atoms with Gasteiger partial charge in [-0.2, -0.15) is 0 Å². The molecule has 0 aliphatic rings. The van der Waals surface area contributed by atoms with Crippen molar-refractivity contribution in [3.63, 3.8) is 0 Å². The van der Waals surface area contributed by atoms with Gasteiger partial charge in [0.1, 0.15) is 18.2 Å². The van der Waals surface area contributed by atoms with Gasteiger partial charge in [-0.15, -0.1) is 0 Å². The summed E-state index contributed by atoms with van der Waals surface area (Å²) in [5, 5.41) is 0. The number of halogens is 1. The highest BCUT2D eigenvalue weighted by molar-refractivity contribution is 6.06. The topological polar surface area (TPSA) is 75.0 Å². The highest BCUT2D eigenvalue weighted by atomic mass is 19.1. The van der Waals surface area contributed by atoms with Crippen LogP contribution in [0.5, 0.6) is 11.5 Å². The number of hydrogen-bond donors (Lipinski definition) is 0. The Labute approximate surface area is 172 Å². The number of furan rings is 1. The lowest BCUT2D eigenvalue weighted by Crippen LogP contribution is -1.99. The maximum Gasteiger partial charge on any atom is 0.373 e. The number of benzene rings is 2. The van der Waals surface area contributed by atoms with Crippen LogP contribution in [0.1, 0.15) is 32.2 Å². The number of ether oxygens (including phenoxy) is 3. The summed E-state index contributed by atoms with van der Waals surface area (Å²) in [6.07, 6.45) is 3.03. The molecule has 0 radical (unpaired) electrons. The van der Waals surface area contributed by atoms with Gasteiger partial charge in [0, 0.05) is 5.56 Å². The molecule has 6 nitrogen and oxygen atoms in total. The van der Waals surface area contributed by atoms with Crippen LogP contribution in [-0.4, -0.2) is 26.0 Å². The van der Waals surface area contributed by atoms with Gasteiger partial charge in [-0.3, -0.25) is 4.79 Å². The number of ketones is 1. The summed E-state index contributed by atoms with van der Waals surface area (Å²) < 4.78 is 34.0. The van der Waals surface area contributed by atoms with E-state index >= 15 is 0 Å². The molecule has 0 saturated carbocycles. The molecule has 1 heterocycles. The summed E-state index contributed by atoms with van der Waals surface area (Å²) in [5.74, 6) is 0.271. The van der Waals surface area contributed by atoms with E-state index in [2.05, 4.69) is 4.74 Å². The Morgan fingerprint density at radius 1 is 1.00 bits per heavy atom. The molecule has 0 unspecified atom stereocenters. The molecule has 0 amide bonds. The van der Waals surface area contributed by atoms with Gasteiger partial charge in [-0.05, 0) is 60.2 Å². The maximum atomic E-state index is 13.0. The van der Waals surface area contributed by atoms with E-state index in [1.165, 1.54) is 50.6 Å². The van der Waals surface area contributed by atoms with Crippen molar-refractivity contribution in [3.8, 4) is 11.5 Å². The summed E-state index contributed by atoms with van der Waals surface area (Å²) in [5.41, 5.74) is 1.12. The fraction of sp³-hybridized carbons (Fsp3) is 0.130. The lowest BCUT2D eigenvalue weighted by molar-refractivity contribution is 0.0560. The maximum absolute atomic E-state index is 13.0. The molecule has 2 aromatic carbocycles. The number of hydrogen-bond acceptors (Lipinski definition) is 6. The zero-order chi connectivity index (χ0) is 21.5. The van der Waals surface area contributed by atoms with E-state index in [-0.39, 0.29) is 18.2 Å². The molecule has 0 saturated heterocycles. The number of carbonyl (C=O) groups excluding carboxylic acids is 2. The molecule has 3 aromatic rings. The number of allylic oxidation sites excluding steroid dienone is 1. The van der Waals surface area contributed by atoms with Crippen LogP contribution in [0.2, 0.25) is 0 Å². The minimum absolute atomic E-state index is 0.0889. The van der Waals surface area contributed by atoms with Crippen molar-refractivity contribution >= 4 is 17.8 Å². The zero-order valence-electron chi connectivity index (χ0n) is 16.4. The summed E-state index contributed by atoms with van der Waals surface area (Å²) in [6.45, 7) is 0.0889. The molecule has 0 fully saturated rings. The highest BCUT2D eigenvalue weighted by Crippen LogP contribution is 2.29. The molecule has 30 heavy (non-hydrogen) atoms. The Hall–Kier alpha value is -3.87. The first-order valence-electron chi connectivity index (χ1n) is 8.96. The van der Waals surface area contributed by atoms with Gasteiger partial charge in [0.05, 0.1) is 14.2 Å². The molecular formula is C23H19FO6. The molecule has 154 valence electrons. The van der Waals surface area contributed by atoms with E-state index in [1.54, 1.807) is 30.3 Å². The Morgan fingerprint density at radius 3 is 2.47 bits per heavy atom. The van der Waals surface area contributed by atoms with E-state index in [4.69, 9.17) is 13.9 Å². The minimum Gasteiger partial charge on any atom is -0.493 e. The molecule has 3 rings (SSSR count). The third-order valence-electron chi connectivity index (χ3n) is 4.16. The Bertz CT molecular complexity index is 1070. The highest BCUT2D eigenvalue weighted by Gasteiger charge is 2.12. The van der Waals surface area contributed by atoms with Crippen molar-refractivity contribution in [2.45, 2.75) is 6.61 Å². The van der Waals surface area contributed by atoms with Crippen LogP contribution in [0.4, 0.5) is 4.39 Å². The molecule has 1 aromatic heterocycles. The number of methoxy groups -OCH3 is 2. The molecular weight excluding hydrogens is 391 g/mol. The standard InChI is InChI=1S/C23H19FO6/c1-27-22-13-15(3-10-19(25)16-5-7-17(24)8-6-16)4-11-20(22)29-14-18-9-12-21(30-18)23(26)28-2/h3-13H,14H2,1-2H3/b10-3+. The van der Waals surface area contributed by atoms with Crippen molar-refractivity contribution in [2.75, 3.05) is 14.2 Å². The van der Waals surface area contributed by atoms with Crippen molar-refractivity contribution in [1.82, 2.24) is 0 Å². The molecule has 0 bridgehead atoms. The first kappa shape index (κ1) is 20.9. The lowest BCUT2D eigenvalue weighted by atomic mass is 10.1. The summed E-state index contributed by atoms with van der Waals surface area (Å²) in [6, 6.07) is 13.6. The third-order valence-corrected chi connectivity index (χ3v) is 4.16. The van der Waals surface area contributed by atoms with Gasteiger partial charge in [0.2, 0.25) is 5.76 Å². The monoisotopic (exact) mass is 410 g/mol. The Kier molecular flexibility index (Phi) is 6.64. The van der Waals surface area contributed by atoms with E-state index in [9.17, 15) is 14.0 Å². The van der Waals surface area contributed by atoms with Gasteiger partial charge in [-0.1, -0.05) is 12.1 Å². The van der Waals surface area contributed by atoms with Gasteiger partial charge in [0.15, 0.2) is 17.3 Å². The van der Waals surface area contributed by atoms with Gasteiger partial charge >= 0.3 is 5.97 Å². The smallest absolute Gasteiger partial charge is 0.373 e. The Balaban J connectivity index is 1.67. The number of rotatable bonds is 8. The second-order valence-electron chi connectivity index (χ2n) is 6.16. The molecule has 0 spiro atoms. The van der Waals surface area contributed by atoms with Gasteiger partial charge < -0.3 is 18.6 Å². The fourth-order valence-electron chi connectivity index (χ4n) is 2.60. The molecule has 0 atom stereocenters.